The lowest BCUT2D eigenvalue weighted by Gasteiger charge is -2.27. The Morgan fingerprint density at radius 1 is 0.586 bits per heavy atom. The summed E-state index contributed by atoms with van der Waals surface area (Å²) >= 11 is 3.36. The van der Waals surface area contributed by atoms with Gasteiger partial charge in [-0.1, -0.05) is 113 Å². The number of nitro benzene ring substituents is 2. The second-order valence-corrected chi connectivity index (χ2v) is 18.0. The molecule has 298 valence electrons. The Morgan fingerprint density at radius 2 is 0.966 bits per heavy atom. The average Bonchev–Trinajstić information content (AvgIpc) is 3.75. The van der Waals surface area contributed by atoms with Gasteiger partial charge in [0.25, 0.3) is 11.4 Å². The van der Waals surface area contributed by atoms with Crippen molar-refractivity contribution in [2.45, 2.75) is 62.9 Å². The number of nitro groups is 2. The summed E-state index contributed by atoms with van der Waals surface area (Å²) in [6.07, 6.45) is 9.63. The van der Waals surface area contributed by atoms with Crippen molar-refractivity contribution in [3.8, 4) is 0 Å². The minimum Gasteiger partial charge on any atom is -0.343 e. The van der Waals surface area contributed by atoms with Gasteiger partial charge in [0.05, 0.1) is 9.85 Å². The summed E-state index contributed by atoms with van der Waals surface area (Å²) in [6, 6.07) is 30.7. The summed E-state index contributed by atoms with van der Waals surface area (Å²) in [5, 5.41) is 23.1. The molecule has 1 fully saturated rings. The molecule has 4 aromatic carbocycles. The van der Waals surface area contributed by atoms with Crippen molar-refractivity contribution in [3.05, 3.63) is 186 Å². The van der Waals surface area contributed by atoms with E-state index >= 15 is 0 Å². The summed E-state index contributed by atoms with van der Waals surface area (Å²) in [5.41, 5.74) is 9.82. The van der Waals surface area contributed by atoms with Gasteiger partial charge in [-0.3, -0.25) is 25.0 Å². The van der Waals surface area contributed by atoms with Gasteiger partial charge >= 0.3 is 0 Å². The Kier molecular flexibility index (Phi) is 12.1. The van der Waals surface area contributed by atoms with E-state index in [1.165, 1.54) is 11.1 Å². The normalized spacial score (nSPS) is 19.4. The number of benzene rings is 4. The molecule has 4 aromatic rings. The highest BCUT2D eigenvalue weighted by molar-refractivity contribution is 7.98. The third kappa shape index (κ3) is 8.15. The van der Waals surface area contributed by atoms with Gasteiger partial charge in [-0.05, 0) is 48.3 Å². The number of allylic oxidation sites excluding steroid dienone is 8. The molecular weight excluding hydrogens is 765 g/mol. The van der Waals surface area contributed by atoms with Crippen LogP contribution in [0.2, 0.25) is 0 Å². The van der Waals surface area contributed by atoms with Crippen LogP contribution in [0, 0.1) is 20.2 Å². The van der Waals surface area contributed by atoms with Crippen molar-refractivity contribution < 1.29 is 14.6 Å². The van der Waals surface area contributed by atoms with Gasteiger partial charge in [0.2, 0.25) is 0 Å². The molecule has 0 radical (unpaired) electrons. The minimum absolute atomic E-state index is 0.0773. The van der Waals surface area contributed by atoms with Crippen LogP contribution in [0.1, 0.15) is 62.8 Å². The number of ketones is 1. The quantitative estimate of drug-likeness (QED) is 0.0532. The summed E-state index contributed by atoms with van der Waals surface area (Å²) in [4.78, 5) is 41.1. The molecule has 7 rings (SSSR count). The standard InChI is InChI=1S/C47H48N4O5S2/c1-46(2)37-15-7-11-19-41(37)48(27-29-57-31-35-13-5-9-17-39(35)50(53)54)43(46)25-23-33-21-22-34(45(33)52)24-26-44-47(3,4)38-16-8-12-20-42(38)49(44)28-30-58-32-36-14-6-10-18-40(36)51(55)56/h5-20,23-26H,21-22,27-32H2,1-4H3. The van der Waals surface area contributed by atoms with Crippen molar-refractivity contribution in [2.24, 2.45) is 0 Å². The summed E-state index contributed by atoms with van der Waals surface area (Å²) in [5.74, 6) is 2.74. The van der Waals surface area contributed by atoms with Crippen LogP contribution in [0.25, 0.3) is 0 Å². The number of hydrogen-bond acceptors (Lipinski definition) is 9. The number of Topliss-reactive ketones (excluding diaryl/α,β-unsaturated/α-hetero) is 1. The number of rotatable bonds is 14. The molecule has 1 aliphatic carbocycles. The predicted octanol–water partition coefficient (Wildman–Crippen LogP) is 11.2. The molecule has 0 unspecified atom stereocenters. The van der Waals surface area contributed by atoms with Crippen LogP contribution in [0.3, 0.4) is 0 Å². The topological polar surface area (TPSA) is 110 Å². The van der Waals surface area contributed by atoms with Gasteiger partial charge in [-0.15, -0.1) is 0 Å². The fourth-order valence-corrected chi connectivity index (χ4v) is 10.3. The molecule has 2 heterocycles. The molecule has 9 nitrogen and oxygen atoms in total. The third-order valence-corrected chi connectivity index (χ3v) is 13.5. The van der Waals surface area contributed by atoms with Crippen LogP contribution in [0.5, 0.6) is 0 Å². The predicted molar refractivity (Wildman–Crippen MR) is 239 cm³/mol. The number of thioether (sulfide) groups is 2. The van der Waals surface area contributed by atoms with Crippen LogP contribution < -0.4 is 9.80 Å². The van der Waals surface area contributed by atoms with Crippen LogP contribution in [0.4, 0.5) is 22.7 Å². The second-order valence-electron chi connectivity index (χ2n) is 15.8. The molecule has 0 N–H and O–H groups in total. The average molecular weight is 813 g/mol. The number of anilines is 2. The lowest BCUT2D eigenvalue weighted by Crippen LogP contribution is -2.28. The molecule has 2 aliphatic heterocycles. The highest BCUT2D eigenvalue weighted by atomic mass is 32.2. The van der Waals surface area contributed by atoms with Crippen molar-refractivity contribution >= 4 is 52.1 Å². The maximum absolute atomic E-state index is 14.0. The zero-order chi connectivity index (χ0) is 41.0. The molecule has 0 amide bonds. The third-order valence-electron chi connectivity index (χ3n) is 11.5. The first kappa shape index (κ1) is 40.8. The number of carbonyl (C=O) groups excluding carboxylic acids is 1. The molecule has 0 spiro atoms. The van der Waals surface area contributed by atoms with Gasteiger partial charge in [0, 0.05) is 104 Å². The minimum atomic E-state index is -0.317. The fourth-order valence-electron chi connectivity index (χ4n) is 8.44. The molecule has 1 saturated carbocycles. The zero-order valence-electron chi connectivity index (χ0n) is 33.4. The monoisotopic (exact) mass is 812 g/mol. The Morgan fingerprint density at radius 3 is 1.38 bits per heavy atom. The molecule has 0 aromatic heterocycles. The van der Waals surface area contributed by atoms with Gasteiger partial charge in [0.1, 0.15) is 0 Å². The van der Waals surface area contributed by atoms with E-state index in [1.54, 1.807) is 47.8 Å². The summed E-state index contributed by atoms with van der Waals surface area (Å²) < 4.78 is 0. The molecule has 0 atom stereocenters. The Balaban J connectivity index is 1.08. The summed E-state index contributed by atoms with van der Waals surface area (Å²) in [7, 11) is 0. The lowest BCUT2D eigenvalue weighted by molar-refractivity contribution is -0.385. The molecular formula is C47H48N4O5S2. The van der Waals surface area contributed by atoms with Crippen molar-refractivity contribution in [3.63, 3.8) is 0 Å². The fraction of sp³-hybridized carbons (Fsp3) is 0.298. The van der Waals surface area contributed by atoms with E-state index in [2.05, 4.69) is 98.2 Å². The smallest absolute Gasteiger partial charge is 0.273 e. The SMILES string of the molecule is CC1(C)C(=CC=C2CCC(=CC=C3N(CCSCc4ccccc4[N+](=O)[O-])c4ccccc4C3(C)C)C2=O)N(CCSCc2ccccc2[N+](=O)[O-])c2ccccc21. The Hall–Kier alpha value is -5.39. The van der Waals surface area contributed by atoms with Gasteiger partial charge < -0.3 is 9.80 Å². The van der Waals surface area contributed by atoms with Crippen molar-refractivity contribution in [2.75, 3.05) is 34.4 Å². The maximum atomic E-state index is 14.0. The highest BCUT2D eigenvalue weighted by Gasteiger charge is 2.41. The van der Waals surface area contributed by atoms with E-state index in [0.717, 1.165) is 69.6 Å². The van der Waals surface area contributed by atoms with E-state index in [-0.39, 0.29) is 37.8 Å². The van der Waals surface area contributed by atoms with Crippen LogP contribution >= 0.6 is 23.5 Å². The van der Waals surface area contributed by atoms with E-state index in [1.807, 2.05) is 36.4 Å². The lowest BCUT2D eigenvalue weighted by atomic mass is 9.83. The molecule has 3 aliphatic rings. The van der Waals surface area contributed by atoms with E-state index in [9.17, 15) is 25.0 Å². The highest BCUT2D eigenvalue weighted by Crippen LogP contribution is 2.49. The van der Waals surface area contributed by atoms with Crippen molar-refractivity contribution in [1.82, 2.24) is 0 Å². The summed E-state index contributed by atoms with van der Waals surface area (Å²) in [6.45, 7) is 10.4. The first-order valence-electron chi connectivity index (χ1n) is 19.6. The maximum Gasteiger partial charge on any atom is 0.273 e. The number of para-hydroxylation sites is 4. The zero-order valence-corrected chi connectivity index (χ0v) is 35.0. The van der Waals surface area contributed by atoms with E-state index in [4.69, 9.17) is 0 Å². The molecule has 0 saturated heterocycles. The Labute approximate surface area is 348 Å². The number of nitrogens with zero attached hydrogens (tertiary/aromatic N) is 4. The largest absolute Gasteiger partial charge is 0.343 e. The second kappa shape index (κ2) is 17.2. The van der Waals surface area contributed by atoms with Crippen molar-refractivity contribution in [1.29, 1.82) is 0 Å². The molecule has 0 bridgehead atoms. The van der Waals surface area contributed by atoms with Gasteiger partial charge in [0.15, 0.2) is 5.78 Å². The number of fused-ring (bicyclic) bond motifs is 2. The van der Waals surface area contributed by atoms with Crippen LogP contribution in [0.15, 0.2) is 144 Å². The Bertz CT molecular complexity index is 2220. The van der Waals surface area contributed by atoms with Crippen LogP contribution in [-0.2, 0) is 27.1 Å². The van der Waals surface area contributed by atoms with Gasteiger partial charge in [-0.25, -0.2) is 0 Å². The molecule has 58 heavy (non-hydrogen) atoms. The molecule has 11 heteroatoms. The number of carbonyl (C=O) groups is 1. The van der Waals surface area contributed by atoms with Crippen LogP contribution in [-0.4, -0.2) is 40.2 Å². The van der Waals surface area contributed by atoms with Gasteiger partial charge in [-0.2, -0.15) is 23.5 Å². The van der Waals surface area contributed by atoms with E-state index < -0.39 is 0 Å². The number of hydrogen-bond donors (Lipinski definition) is 0. The first-order chi connectivity index (χ1) is 27.9. The first-order valence-corrected chi connectivity index (χ1v) is 21.9. The van der Waals surface area contributed by atoms with E-state index in [0.29, 0.717) is 24.3 Å².